The lowest BCUT2D eigenvalue weighted by Crippen LogP contribution is -2.29. The van der Waals surface area contributed by atoms with Crippen LogP contribution in [0.25, 0.3) is 11.0 Å². The van der Waals surface area contributed by atoms with Gasteiger partial charge in [-0.1, -0.05) is 11.6 Å². The fraction of sp³-hybridized carbons (Fsp3) is 0.200. The second kappa shape index (κ2) is 4.61. The zero-order valence-corrected chi connectivity index (χ0v) is 11.3. The average molecular weight is 305 g/mol. The van der Waals surface area contributed by atoms with Gasteiger partial charge in [-0.15, -0.1) is 0 Å². The predicted octanol–water partition coefficient (Wildman–Crippen LogP) is 1.11. The molecular formula is C10H10ClN2O5P. The Morgan fingerprint density at radius 1 is 1.21 bits per heavy atom. The van der Waals surface area contributed by atoms with Crippen LogP contribution >= 0.6 is 19.2 Å². The third kappa shape index (κ3) is 2.64. The van der Waals surface area contributed by atoms with Crippen LogP contribution in [-0.2, 0) is 4.57 Å². The smallest absolute Gasteiger partial charge is 0.324 e. The van der Waals surface area contributed by atoms with Crippen LogP contribution in [0.1, 0.15) is 18.1 Å². The first-order valence-corrected chi connectivity index (χ1v) is 7.27. The molecule has 4 N–H and O–H groups in total. The number of benzene rings is 1. The number of aromatic nitrogens is 2. The van der Waals surface area contributed by atoms with E-state index in [0.29, 0.717) is 0 Å². The summed E-state index contributed by atoms with van der Waals surface area (Å²) in [4.78, 5) is 45.6. The molecule has 1 heterocycles. The van der Waals surface area contributed by atoms with Crippen molar-refractivity contribution in [1.29, 1.82) is 0 Å². The minimum atomic E-state index is -4.40. The first kappa shape index (κ1) is 14.0. The van der Waals surface area contributed by atoms with E-state index < -0.39 is 24.4 Å². The number of nitrogens with one attached hydrogen (secondary N) is 2. The van der Waals surface area contributed by atoms with Gasteiger partial charge in [-0.25, -0.2) is 0 Å². The molecule has 19 heavy (non-hydrogen) atoms. The number of rotatable bonds is 2. The Morgan fingerprint density at radius 2 is 1.79 bits per heavy atom. The van der Waals surface area contributed by atoms with Crippen LogP contribution < -0.4 is 11.1 Å². The molecule has 0 spiro atoms. The average Bonchev–Trinajstić information content (AvgIpc) is 2.28. The van der Waals surface area contributed by atoms with E-state index in [1.165, 1.54) is 19.1 Å². The molecule has 1 aromatic heterocycles. The Kier molecular flexibility index (Phi) is 3.40. The van der Waals surface area contributed by atoms with E-state index in [1.54, 1.807) is 0 Å². The molecule has 2 aromatic rings. The molecule has 0 saturated heterocycles. The summed E-state index contributed by atoms with van der Waals surface area (Å²) in [6, 6.07) is 2.74. The zero-order valence-electron chi connectivity index (χ0n) is 9.68. The highest BCUT2D eigenvalue weighted by Crippen LogP contribution is 2.52. The molecular weight excluding hydrogens is 295 g/mol. The van der Waals surface area contributed by atoms with Crippen LogP contribution in [0.4, 0.5) is 0 Å². The topological polar surface area (TPSA) is 123 Å². The monoisotopic (exact) mass is 304 g/mol. The predicted molar refractivity (Wildman–Crippen MR) is 70.7 cm³/mol. The molecule has 0 fully saturated rings. The summed E-state index contributed by atoms with van der Waals surface area (Å²) in [7, 11) is -4.40. The van der Waals surface area contributed by atoms with Crippen LogP contribution in [0, 0.1) is 0 Å². The molecule has 1 unspecified atom stereocenters. The summed E-state index contributed by atoms with van der Waals surface area (Å²) in [5.41, 5.74) is -2.37. The number of fused-ring (bicyclic) bond motifs is 1. The van der Waals surface area contributed by atoms with Crippen molar-refractivity contribution < 1.29 is 14.4 Å². The van der Waals surface area contributed by atoms with Crippen molar-refractivity contribution in [3.63, 3.8) is 0 Å². The van der Waals surface area contributed by atoms with Gasteiger partial charge in [-0.2, -0.15) is 0 Å². The van der Waals surface area contributed by atoms with E-state index in [1.807, 2.05) is 0 Å². The van der Waals surface area contributed by atoms with Gasteiger partial charge in [-0.3, -0.25) is 14.2 Å². The van der Waals surface area contributed by atoms with Gasteiger partial charge < -0.3 is 19.8 Å². The SMILES string of the molecule is CC(c1cc(Cl)cc2[nH]c(=O)c(=O)[nH]c12)P(=O)(O)O. The van der Waals surface area contributed by atoms with Crippen LogP contribution in [0.3, 0.4) is 0 Å². The fourth-order valence-electron chi connectivity index (χ4n) is 1.73. The Labute approximate surface area is 111 Å². The van der Waals surface area contributed by atoms with Gasteiger partial charge in [0.25, 0.3) is 0 Å². The van der Waals surface area contributed by atoms with Gasteiger partial charge in [0.15, 0.2) is 0 Å². The van der Waals surface area contributed by atoms with E-state index in [2.05, 4.69) is 9.97 Å². The van der Waals surface area contributed by atoms with E-state index in [0.717, 1.165) is 0 Å². The first-order chi connectivity index (χ1) is 8.70. The van der Waals surface area contributed by atoms with Crippen molar-refractivity contribution in [3.8, 4) is 0 Å². The molecule has 0 amide bonds. The van der Waals surface area contributed by atoms with Gasteiger partial charge in [0.05, 0.1) is 16.7 Å². The Hall–Kier alpha value is -1.40. The Bertz CT molecular complexity index is 806. The summed E-state index contributed by atoms with van der Waals surface area (Å²) >= 11 is 5.84. The quantitative estimate of drug-likeness (QED) is 0.489. The van der Waals surface area contributed by atoms with Gasteiger partial charge >= 0.3 is 18.7 Å². The summed E-state index contributed by atoms with van der Waals surface area (Å²) in [5.74, 6) is 0. The minimum Gasteiger partial charge on any atom is -0.324 e. The number of aromatic amines is 2. The van der Waals surface area contributed by atoms with Gasteiger partial charge in [0.2, 0.25) is 0 Å². The fourth-order valence-corrected chi connectivity index (χ4v) is 2.52. The van der Waals surface area contributed by atoms with Crippen molar-refractivity contribution in [2.45, 2.75) is 12.6 Å². The van der Waals surface area contributed by atoms with E-state index in [4.69, 9.17) is 11.6 Å². The lowest BCUT2D eigenvalue weighted by Gasteiger charge is -2.16. The third-order valence-corrected chi connectivity index (χ3v) is 4.29. The normalized spacial score (nSPS) is 13.7. The molecule has 0 aliphatic heterocycles. The first-order valence-electron chi connectivity index (χ1n) is 5.21. The molecule has 0 saturated carbocycles. The number of H-pyrrole nitrogens is 2. The molecule has 2 rings (SSSR count). The minimum absolute atomic E-state index is 0.157. The van der Waals surface area contributed by atoms with Crippen molar-refractivity contribution in [1.82, 2.24) is 9.97 Å². The molecule has 0 aliphatic carbocycles. The molecule has 7 nitrogen and oxygen atoms in total. The van der Waals surface area contributed by atoms with Gasteiger partial charge in [0, 0.05) is 5.02 Å². The number of hydrogen-bond acceptors (Lipinski definition) is 3. The van der Waals surface area contributed by atoms with E-state index >= 15 is 0 Å². The van der Waals surface area contributed by atoms with Crippen LogP contribution in [0.15, 0.2) is 21.7 Å². The molecule has 1 aromatic carbocycles. The zero-order chi connectivity index (χ0) is 14.4. The summed E-state index contributed by atoms with van der Waals surface area (Å²) in [6.07, 6.45) is 0. The molecule has 9 heteroatoms. The Morgan fingerprint density at radius 3 is 2.37 bits per heavy atom. The highest BCUT2D eigenvalue weighted by molar-refractivity contribution is 7.52. The van der Waals surface area contributed by atoms with Crippen LogP contribution in [0.2, 0.25) is 5.02 Å². The van der Waals surface area contributed by atoms with Crippen LogP contribution in [-0.4, -0.2) is 19.8 Å². The molecule has 1 atom stereocenters. The molecule has 0 bridgehead atoms. The van der Waals surface area contributed by atoms with E-state index in [9.17, 15) is 23.9 Å². The maximum atomic E-state index is 11.3. The third-order valence-electron chi connectivity index (χ3n) is 2.78. The second-order valence-electron chi connectivity index (χ2n) is 4.09. The molecule has 102 valence electrons. The van der Waals surface area contributed by atoms with Crippen molar-refractivity contribution in [2.24, 2.45) is 0 Å². The van der Waals surface area contributed by atoms with Crippen LogP contribution in [0.5, 0.6) is 0 Å². The lowest BCUT2D eigenvalue weighted by molar-refractivity contribution is 0.362. The Balaban J connectivity index is 2.88. The van der Waals surface area contributed by atoms with Gasteiger partial charge in [-0.05, 0) is 24.6 Å². The van der Waals surface area contributed by atoms with Crippen molar-refractivity contribution in [2.75, 3.05) is 0 Å². The van der Waals surface area contributed by atoms with Crippen molar-refractivity contribution >= 4 is 30.2 Å². The molecule has 0 radical (unpaired) electrons. The van der Waals surface area contributed by atoms with Crippen molar-refractivity contribution in [3.05, 3.63) is 43.4 Å². The maximum Gasteiger partial charge on any atom is 0.332 e. The molecule has 0 aliphatic rings. The van der Waals surface area contributed by atoms with Gasteiger partial charge in [0.1, 0.15) is 0 Å². The maximum absolute atomic E-state index is 11.3. The summed E-state index contributed by atoms with van der Waals surface area (Å²) in [5, 5.41) is 0.200. The standard InChI is InChI=1S/C10H10ClN2O5P/c1-4(19(16,17)18)6-2-5(11)3-7-8(6)13-10(15)9(14)12-7/h2-4H,1H3,(H,12,14)(H,13,15)(H2,16,17,18). The summed E-state index contributed by atoms with van der Waals surface area (Å²) < 4.78 is 11.3. The highest BCUT2D eigenvalue weighted by atomic mass is 35.5. The largest absolute Gasteiger partial charge is 0.332 e. The summed E-state index contributed by atoms with van der Waals surface area (Å²) in [6.45, 7) is 1.31. The second-order valence-corrected chi connectivity index (χ2v) is 6.48. The number of halogens is 1. The highest BCUT2D eigenvalue weighted by Gasteiger charge is 2.28. The van der Waals surface area contributed by atoms with E-state index in [-0.39, 0.29) is 21.6 Å². The number of hydrogen-bond donors (Lipinski definition) is 4. The lowest BCUT2D eigenvalue weighted by atomic mass is 10.1.